The van der Waals surface area contributed by atoms with E-state index in [1.54, 1.807) is 12.1 Å². The largest absolute Gasteiger partial charge is 0.393 e. The highest BCUT2D eigenvalue weighted by molar-refractivity contribution is 5.95. The molecule has 0 aliphatic heterocycles. The summed E-state index contributed by atoms with van der Waals surface area (Å²) in [5, 5.41) is 15.7. The molecule has 0 unspecified atom stereocenters. The van der Waals surface area contributed by atoms with Gasteiger partial charge in [0.2, 0.25) is 0 Å². The molecule has 0 radical (unpaired) electrons. The van der Waals surface area contributed by atoms with Crippen molar-refractivity contribution in [1.29, 1.82) is 0 Å². The minimum absolute atomic E-state index is 0.0592. The molecular formula is C15H23N3O2. The molecule has 0 bridgehead atoms. The summed E-state index contributed by atoms with van der Waals surface area (Å²) in [6.07, 6.45) is 3.02. The van der Waals surface area contributed by atoms with Crippen LogP contribution >= 0.6 is 0 Å². The van der Waals surface area contributed by atoms with Crippen LogP contribution in [0.25, 0.3) is 0 Å². The van der Waals surface area contributed by atoms with E-state index in [4.69, 9.17) is 0 Å². The normalized spacial score (nSPS) is 22.4. The Hall–Kier alpha value is -1.62. The second kappa shape index (κ2) is 6.70. The van der Waals surface area contributed by atoms with Crippen molar-refractivity contribution in [2.75, 3.05) is 11.9 Å². The minimum atomic E-state index is -0.202. The molecule has 2 rings (SSSR count). The quantitative estimate of drug-likeness (QED) is 0.785. The maximum atomic E-state index is 12.3. The lowest BCUT2D eigenvalue weighted by Crippen LogP contribution is -2.38. The van der Waals surface area contributed by atoms with Gasteiger partial charge < -0.3 is 15.7 Å². The molecule has 1 aromatic rings. The van der Waals surface area contributed by atoms with Crippen LogP contribution in [0.15, 0.2) is 12.1 Å². The maximum absolute atomic E-state index is 12.3. The average molecular weight is 277 g/mol. The number of carbonyl (C=O) groups is 1. The zero-order valence-corrected chi connectivity index (χ0v) is 12.1. The number of hydrogen-bond donors (Lipinski definition) is 3. The fourth-order valence-electron chi connectivity index (χ4n) is 2.56. The van der Waals surface area contributed by atoms with Gasteiger partial charge in [0.25, 0.3) is 5.91 Å². The van der Waals surface area contributed by atoms with Crippen LogP contribution in [0.2, 0.25) is 0 Å². The lowest BCUT2D eigenvalue weighted by molar-refractivity contribution is 0.0867. The molecule has 20 heavy (non-hydrogen) atoms. The van der Waals surface area contributed by atoms with Gasteiger partial charge in [0.1, 0.15) is 5.82 Å². The Morgan fingerprint density at radius 3 is 2.70 bits per heavy atom. The number of carbonyl (C=O) groups excluding carboxylic acids is 1. The number of aryl methyl sites for hydroxylation is 1. The Kier molecular flexibility index (Phi) is 4.95. The van der Waals surface area contributed by atoms with Gasteiger partial charge in [-0.25, -0.2) is 4.98 Å². The second-order valence-electron chi connectivity index (χ2n) is 5.39. The number of aliphatic hydroxyl groups excluding tert-OH is 1. The summed E-state index contributed by atoms with van der Waals surface area (Å²) >= 11 is 0. The number of aliphatic hydroxyl groups is 1. The van der Waals surface area contributed by atoms with Crippen molar-refractivity contribution < 1.29 is 9.90 Å². The molecule has 1 amide bonds. The number of pyridine rings is 1. The summed E-state index contributed by atoms with van der Waals surface area (Å²) in [5.41, 5.74) is 1.47. The predicted octanol–water partition coefficient (Wildman–Crippen LogP) is 1.86. The Morgan fingerprint density at radius 1 is 1.35 bits per heavy atom. The smallest absolute Gasteiger partial charge is 0.251 e. The Balaban J connectivity index is 2.01. The van der Waals surface area contributed by atoms with Gasteiger partial charge in [-0.15, -0.1) is 0 Å². The van der Waals surface area contributed by atoms with Crippen LogP contribution in [0.1, 0.15) is 48.7 Å². The summed E-state index contributed by atoms with van der Waals surface area (Å²) in [6, 6.07) is 3.75. The third kappa shape index (κ3) is 3.93. The molecular weight excluding hydrogens is 254 g/mol. The fraction of sp³-hybridized carbons (Fsp3) is 0.600. The standard InChI is InChI=1S/C15H23N3O2/c1-3-16-14-9-11(8-10(2)17-14)15(20)18-12-4-6-13(19)7-5-12/h8-9,12-13,19H,3-7H2,1-2H3,(H,16,17)(H,18,20). The number of nitrogens with one attached hydrogen (secondary N) is 2. The average Bonchev–Trinajstić information content (AvgIpc) is 2.41. The Labute approximate surface area is 119 Å². The summed E-state index contributed by atoms with van der Waals surface area (Å²) < 4.78 is 0. The Bertz CT molecular complexity index is 468. The molecule has 1 heterocycles. The number of rotatable bonds is 4. The molecule has 3 N–H and O–H groups in total. The van der Waals surface area contributed by atoms with E-state index in [1.807, 2.05) is 13.8 Å². The van der Waals surface area contributed by atoms with E-state index in [-0.39, 0.29) is 18.1 Å². The maximum Gasteiger partial charge on any atom is 0.251 e. The lowest BCUT2D eigenvalue weighted by atomic mass is 9.93. The number of nitrogens with zero attached hydrogens (tertiary/aromatic N) is 1. The molecule has 0 aromatic carbocycles. The summed E-state index contributed by atoms with van der Waals surface area (Å²) in [6.45, 7) is 4.66. The van der Waals surface area contributed by atoms with E-state index in [1.165, 1.54) is 0 Å². The number of hydrogen-bond acceptors (Lipinski definition) is 4. The van der Waals surface area contributed by atoms with Crippen LogP contribution in [0, 0.1) is 6.92 Å². The molecule has 1 fully saturated rings. The van der Waals surface area contributed by atoms with Crippen molar-refractivity contribution in [3.05, 3.63) is 23.4 Å². The third-order valence-electron chi connectivity index (χ3n) is 3.61. The third-order valence-corrected chi connectivity index (χ3v) is 3.61. The molecule has 5 heteroatoms. The molecule has 1 aliphatic carbocycles. The van der Waals surface area contributed by atoms with Gasteiger partial charge in [-0.3, -0.25) is 4.79 Å². The molecule has 110 valence electrons. The summed E-state index contributed by atoms with van der Waals surface area (Å²) in [4.78, 5) is 16.6. The van der Waals surface area contributed by atoms with Crippen molar-refractivity contribution in [2.24, 2.45) is 0 Å². The van der Waals surface area contributed by atoms with E-state index in [2.05, 4.69) is 15.6 Å². The highest BCUT2D eigenvalue weighted by Gasteiger charge is 2.21. The first kappa shape index (κ1) is 14.8. The molecule has 0 atom stereocenters. The molecule has 0 spiro atoms. The van der Waals surface area contributed by atoms with Crippen LogP contribution in [-0.2, 0) is 0 Å². The van der Waals surface area contributed by atoms with E-state index >= 15 is 0 Å². The highest BCUT2D eigenvalue weighted by Crippen LogP contribution is 2.19. The molecule has 1 aliphatic rings. The summed E-state index contributed by atoms with van der Waals surface area (Å²) in [7, 11) is 0. The van der Waals surface area contributed by atoms with E-state index in [0.717, 1.165) is 43.7 Å². The minimum Gasteiger partial charge on any atom is -0.393 e. The molecule has 1 aromatic heterocycles. The first-order chi connectivity index (χ1) is 9.58. The zero-order valence-electron chi connectivity index (χ0n) is 12.1. The second-order valence-corrected chi connectivity index (χ2v) is 5.39. The highest BCUT2D eigenvalue weighted by atomic mass is 16.3. The van der Waals surface area contributed by atoms with Gasteiger partial charge in [-0.2, -0.15) is 0 Å². The van der Waals surface area contributed by atoms with E-state index in [0.29, 0.717) is 5.56 Å². The van der Waals surface area contributed by atoms with Crippen molar-refractivity contribution in [1.82, 2.24) is 10.3 Å². The van der Waals surface area contributed by atoms with Gasteiger partial charge in [-0.1, -0.05) is 0 Å². The van der Waals surface area contributed by atoms with Gasteiger partial charge in [0.15, 0.2) is 0 Å². The first-order valence-electron chi connectivity index (χ1n) is 7.30. The van der Waals surface area contributed by atoms with Gasteiger partial charge >= 0.3 is 0 Å². The van der Waals surface area contributed by atoms with Crippen LogP contribution in [0.5, 0.6) is 0 Å². The Morgan fingerprint density at radius 2 is 2.05 bits per heavy atom. The number of aromatic nitrogens is 1. The summed E-state index contributed by atoms with van der Waals surface area (Å²) in [5.74, 6) is 0.674. The first-order valence-corrected chi connectivity index (χ1v) is 7.30. The number of amides is 1. The molecule has 1 saturated carbocycles. The fourth-order valence-corrected chi connectivity index (χ4v) is 2.56. The van der Waals surface area contributed by atoms with Gasteiger partial charge in [0, 0.05) is 23.8 Å². The zero-order chi connectivity index (χ0) is 14.5. The topological polar surface area (TPSA) is 74.2 Å². The predicted molar refractivity (Wildman–Crippen MR) is 78.9 cm³/mol. The van der Waals surface area contributed by atoms with Crippen LogP contribution in [0.3, 0.4) is 0 Å². The van der Waals surface area contributed by atoms with Crippen LogP contribution < -0.4 is 10.6 Å². The van der Waals surface area contributed by atoms with Crippen molar-refractivity contribution in [3.63, 3.8) is 0 Å². The van der Waals surface area contributed by atoms with Gasteiger partial charge in [0.05, 0.1) is 6.10 Å². The molecule has 5 nitrogen and oxygen atoms in total. The van der Waals surface area contributed by atoms with Crippen molar-refractivity contribution >= 4 is 11.7 Å². The van der Waals surface area contributed by atoms with E-state index in [9.17, 15) is 9.90 Å². The number of anilines is 1. The monoisotopic (exact) mass is 277 g/mol. The van der Waals surface area contributed by atoms with Crippen LogP contribution in [-0.4, -0.2) is 34.7 Å². The van der Waals surface area contributed by atoms with Crippen molar-refractivity contribution in [2.45, 2.75) is 51.7 Å². The van der Waals surface area contributed by atoms with Gasteiger partial charge in [-0.05, 0) is 51.7 Å². The molecule has 0 saturated heterocycles. The SMILES string of the molecule is CCNc1cc(C(=O)NC2CCC(O)CC2)cc(C)n1. The van der Waals surface area contributed by atoms with E-state index < -0.39 is 0 Å². The van der Waals surface area contributed by atoms with Crippen LogP contribution in [0.4, 0.5) is 5.82 Å². The lowest BCUT2D eigenvalue weighted by Gasteiger charge is -2.26. The van der Waals surface area contributed by atoms with Crippen molar-refractivity contribution in [3.8, 4) is 0 Å².